The van der Waals surface area contributed by atoms with Gasteiger partial charge in [-0.25, -0.2) is 4.98 Å². The molecular formula is C16H19NOS. The van der Waals surface area contributed by atoms with Gasteiger partial charge in [-0.15, -0.1) is 11.3 Å². The Hall–Kier alpha value is -1.35. The molecule has 3 rings (SSSR count). The lowest BCUT2D eigenvalue weighted by Gasteiger charge is -2.24. The molecule has 0 amide bonds. The van der Waals surface area contributed by atoms with Crippen LogP contribution in [0.1, 0.15) is 43.6 Å². The van der Waals surface area contributed by atoms with Gasteiger partial charge in [0.25, 0.3) is 0 Å². The van der Waals surface area contributed by atoms with Crippen LogP contribution >= 0.6 is 11.3 Å². The number of hydrogen-bond acceptors (Lipinski definition) is 3. The van der Waals surface area contributed by atoms with E-state index < -0.39 is 0 Å². The van der Waals surface area contributed by atoms with Gasteiger partial charge in [0.2, 0.25) is 0 Å². The summed E-state index contributed by atoms with van der Waals surface area (Å²) in [5, 5.41) is 2.08. The van der Waals surface area contributed by atoms with E-state index in [2.05, 4.69) is 28.6 Å². The van der Waals surface area contributed by atoms with Crippen molar-refractivity contribution in [2.45, 2.75) is 38.0 Å². The Morgan fingerprint density at radius 1 is 1.21 bits per heavy atom. The first kappa shape index (κ1) is 12.7. The van der Waals surface area contributed by atoms with Gasteiger partial charge in [-0.3, -0.25) is 0 Å². The summed E-state index contributed by atoms with van der Waals surface area (Å²) in [7, 11) is 1.77. The fourth-order valence-electron chi connectivity index (χ4n) is 2.98. The lowest BCUT2D eigenvalue weighted by molar-refractivity contribution is 0.387. The van der Waals surface area contributed by atoms with Crippen molar-refractivity contribution in [3.05, 3.63) is 34.7 Å². The van der Waals surface area contributed by atoms with Crippen molar-refractivity contribution >= 4 is 11.3 Å². The number of hydrogen-bond donors (Lipinski definition) is 0. The van der Waals surface area contributed by atoms with E-state index in [0.717, 1.165) is 17.0 Å². The normalized spacial score (nSPS) is 16.5. The third-order valence-corrected chi connectivity index (χ3v) is 4.59. The van der Waals surface area contributed by atoms with E-state index in [4.69, 9.17) is 4.74 Å². The zero-order valence-corrected chi connectivity index (χ0v) is 12.1. The Labute approximate surface area is 118 Å². The molecule has 100 valence electrons. The molecule has 0 unspecified atom stereocenters. The minimum atomic E-state index is 0.674. The van der Waals surface area contributed by atoms with Crippen molar-refractivity contribution in [1.29, 1.82) is 0 Å². The molecule has 19 heavy (non-hydrogen) atoms. The van der Waals surface area contributed by atoms with Crippen LogP contribution in [0.25, 0.3) is 11.3 Å². The maximum atomic E-state index is 5.61. The molecule has 2 nitrogen and oxygen atoms in total. The zero-order chi connectivity index (χ0) is 13.1. The molecule has 0 spiro atoms. The summed E-state index contributed by atoms with van der Waals surface area (Å²) in [5.41, 5.74) is 5.44. The van der Waals surface area contributed by atoms with Crippen molar-refractivity contribution in [2.75, 3.05) is 7.11 Å². The van der Waals surface area contributed by atoms with Gasteiger partial charge < -0.3 is 4.74 Å². The fourth-order valence-corrected chi connectivity index (χ4v) is 3.54. The van der Waals surface area contributed by atoms with E-state index in [1.165, 1.54) is 37.7 Å². The van der Waals surface area contributed by atoms with E-state index in [1.54, 1.807) is 18.4 Å². The summed E-state index contributed by atoms with van der Waals surface area (Å²) in [6.45, 7) is 0. The molecule has 1 aliphatic carbocycles. The van der Waals surface area contributed by atoms with Gasteiger partial charge in [0.05, 0.1) is 18.3 Å². The van der Waals surface area contributed by atoms with Crippen molar-refractivity contribution in [1.82, 2.24) is 4.98 Å². The van der Waals surface area contributed by atoms with Crippen LogP contribution in [0, 0.1) is 0 Å². The molecule has 0 bridgehead atoms. The Bertz CT molecular complexity index is 530. The zero-order valence-electron chi connectivity index (χ0n) is 11.3. The molecule has 0 radical (unpaired) electrons. The number of methoxy groups -OCH3 is 1. The van der Waals surface area contributed by atoms with Gasteiger partial charge in [0, 0.05) is 10.9 Å². The second-order valence-corrected chi connectivity index (χ2v) is 5.88. The predicted molar refractivity (Wildman–Crippen MR) is 79.9 cm³/mol. The third kappa shape index (κ3) is 2.66. The summed E-state index contributed by atoms with van der Waals surface area (Å²) in [4.78, 5) is 4.37. The van der Waals surface area contributed by atoms with Crippen LogP contribution in [0.2, 0.25) is 0 Å². The lowest BCUT2D eigenvalue weighted by atomic mass is 9.83. The van der Waals surface area contributed by atoms with Gasteiger partial charge >= 0.3 is 0 Å². The van der Waals surface area contributed by atoms with Crippen molar-refractivity contribution in [3.63, 3.8) is 0 Å². The number of benzene rings is 1. The van der Waals surface area contributed by atoms with Crippen molar-refractivity contribution < 1.29 is 4.74 Å². The summed E-state index contributed by atoms with van der Waals surface area (Å²) in [6, 6.07) is 6.56. The molecule has 1 fully saturated rings. The van der Waals surface area contributed by atoms with Crippen LogP contribution in [-0.2, 0) is 0 Å². The second-order valence-electron chi connectivity index (χ2n) is 5.17. The highest BCUT2D eigenvalue weighted by Crippen LogP contribution is 2.39. The molecular weight excluding hydrogens is 254 g/mol. The number of thiazole rings is 1. The van der Waals surface area contributed by atoms with Crippen LogP contribution in [0.5, 0.6) is 5.75 Å². The molecule has 2 aromatic rings. The fraction of sp³-hybridized carbons (Fsp3) is 0.438. The topological polar surface area (TPSA) is 22.1 Å². The van der Waals surface area contributed by atoms with E-state index >= 15 is 0 Å². The van der Waals surface area contributed by atoms with E-state index in [-0.39, 0.29) is 0 Å². The average Bonchev–Trinajstić information content (AvgIpc) is 3.02. The van der Waals surface area contributed by atoms with E-state index in [9.17, 15) is 0 Å². The lowest BCUT2D eigenvalue weighted by Crippen LogP contribution is -2.06. The largest absolute Gasteiger partial charge is 0.496 e. The van der Waals surface area contributed by atoms with E-state index in [0.29, 0.717) is 5.92 Å². The summed E-state index contributed by atoms with van der Waals surface area (Å²) >= 11 is 1.63. The van der Waals surface area contributed by atoms with Crippen LogP contribution in [0.3, 0.4) is 0 Å². The van der Waals surface area contributed by atoms with Gasteiger partial charge in [0.1, 0.15) is 5.75 Å². The third-order valence-electron chi connectivity index (χ3n) is 4.01. The van der Waals surface area contributed by atoms with Gasteiger partial charge in [0.15, 0.2) is 0 Å². The first-order valence-corrected chi connectivity index (χ1v) is 7.89. The summed E-state index contributed by atoms with van der Waals surface area (Å²) in [6.07, 6.45) is 6.68. The monoisotopic (exact) mass is 273 g/mol. The Kier molecular flexibility index (Phi) is 3.83. The van der Waals surface area contributed by atoms with Gasteiger partial charge in [-0.2, -0.15) is 0 Å². The minimum absolute atomic E-state index is 0.674. The van der Waals surface area contributed by atoms with Crippen molar-refractivity contribution in [2.24, 2.45) is 0 Å². The predicted octanol–water partition coefficient (Wildman–Crippen LogP) is 4.87. The SMILES string of the molecule is COc1cc(-c2cscn2)ccc1C1CCCCC1. The standard InChI is InChI=1S/C16H19NOS/c1-18-16-9-13(15-10-19-11-17-15)7-8-14(16)12-5-3-2-4-6-12/h7-12H,2-6H2,1H3. The minimum Gasteiger partial charge on any atom is -0.496 e. The number of ether oxygens (including phenoxy) is 1. The van der Waals surface area contributed by atoms with Gasteiger partial charge in [-0.1, -0.05) is 31.4 Å². The molecule has 0 atom stereocenters. The smallest absolute Gasteiger partial charge is 0.123 e. The first-order chi connectivity index (χ1) is 9.38. The average molecular weight is 273 g/mol. The van der Waals surface area contributed by atoms with Crippen LogP contribution in [0.15, 0.2) is 29.1 Å². The van der Waals surface area contributed by atoms with Crippen molar-refractivity contribution in [3.8, 4) is 17.0 Å². The van der Waals surface area contributed by atoms with E-state index in [1.807, 2.05) is 5.51 Å². The van der Waals surface area contributed by atoms with Gasteiger partial charge in [-0.05, 0) is 30.4 Å². The molecule has 1 heterocycles. The molecule has 1 aromatic heterocycles. The maximum Gasteiger partial charge on any atom is 0.123 e. The summed E-state index contributed by atoms with van der Waals surface area (Å²) < 4.78 is 5.61. The first-order valence-electron chi connectivity index (χ1n) is 6.95. The highest BCUT2D eigenvalue weighted by Gasteiger charge is 2.19. The molecule has 1 saturated carbocycles. The second kappa shape index (κ2) is 5.74. The van der Waals surface area contributed by atoms with Crippen LogP contribution < -0.4 is 4.74 Å². The molecule has 1 aromatic carbocycles. The molecule has 0 N–H and O–H groups in total. The highest BCUT2D eigenvalue weighted by molar-refractivity contribution is 7.07. The molecule has 0 aliphatic heterocycles. The Morgan fingerprint density at radius 2 is 2.05 bits per heavy atom. The number of nitrogens with zero attached hydrogens (tertiary/aromatic N) is 1. The molecule has 0 saturated heterocycles. The highest BCUT2D eigenvalue weighted by atomic mass is 32.1. The summed E-state index contributed by atoms with van der Waals surface area (Å²) in [5.74, 6) is 1.70. The molecule has 3 heteroatoms. The van der Waals surface area contributed by atoms with Crippen LogP contribution in [0.4, 0.5) is 0 Å². The Morgan fingerprint density at radius 3 is 2.74 bits per heavy atom. The number of rotatable bonds is 3. The quantitative estimate of drug-likeness (QED) is 0.796. The molecule has 1 aliphatic rings. The number of aromatic nitrogens is 1. The maximum absolute atomic E-state index is 5.61. The Balaban J connectivity index is 1.93. The van der Waals surface area contributed by atoms with Crippen LogP contribution in [-0.4, -0.2) is 12.1 Å².